The van der Waals surface area contributed by atoms with Gasteiger partial charge in [-0.05, 0) is 57.2 Å². The van der Waals surface area contributed by atoms with Crippen LogP contribution in [0.15, 0.2) is 42.5 Å². The maximum Gasteiger partial charge on any atom is 0.410 e. The van der Waals surface area contributed by atoms with Gasteiger partial charge in [0.25, 0.3) is 0 Å². The van der Waals surface area contributed by atoms with E-state index < -0.39 is 17.5 Å². The van der Waals surface area contributed by atoms with Crippen molar-refractivity contribution in [1.29, 1.82) is 0 Å². The van der Waals surface area contributed by atoms with Crippen molar-refractivity contribution in [1.82, 2.24) is 9.88 Å². The average molecular weight is 461 g/mol. The number of aromatic nitrogens is 1. The van der Waals surface area contributed by atoms with Crippen molar-refractivity contribution >= 4 is 28.6 Å². The van der Waals surface area contributed by atoms with Crippen molar-refractivity contribution in [2.24, 2.45) is 0 Å². The summed E-state index contributed by atoms with van der Waals surface area (Å²) in [5, 5.41) is 0.917. The number of hydrogen-bond acceptors (Lipinski definition) is 5. The Hall–Kier alpha value is -3.06. The SMILES string of the molecule is COc1cc2nc(-c3ccc(OCCN(C)C(=O)OC(C)(C)C)cc3)cc(Cl)c2cc1F. The lowest BCUT2D eigenvalue weighted by Gasteiger charge is -2.24. The van der Waals surface area contributed by atoms with Crippen molar-refractivity contribution in [3.05, 3.63) is 53.3 Å². The molecule has 0 aliphatic carbocycles. The Kier molecular flexibility index (Phi) is 7.09. The van der Waals surface area contributed by atoms with Crippen molar-refractivity contribution in [3.63, 3.8) is 0 Å². The third-order valence-electron chi connectivity index (χ3n) is 4.58. The van der Waals surface area contributed by atoms with Crippen molar-refractivity contribution in [2.45, 2.75) is 26.4 Å². The summed E-state index contributed by atoms with van der Waals surface area (Å²) in [5.74, 6) is 0.274. The topological polar surface area (TPSA) is 60.9 Å². The molecule has 2 aromatic carbocycles. The van der Waals surface area contributed by atoms with Gasteiger partial charge in [0.1, 0.15) is 18.0 Å². The standard InChI is InChI=1S/C24H26ClFN2O4/c1-24(2,3)32-23(29)28(4)10-11-31-16-8-6-15(7-9-16)20-13-18(25)17-12-19(26)22(30-5)14-21(17)27-20/h6-9,12-14H,10-11H2,1-5H3. The molecule has 8 heteroatoms. The first-order chi connectivity index (χ1) is 15.1. The van der Waals surface area contributed by atoms with E-state index >= 15 is 0 Å². The smallest absolute Gasteiger partial charge is 0.410 e. The molecule has 3 rings (SSSR count). The van der Waals surface area contributed by atoms with E-state index in [1.165, 1.54) is 24.1 Å². The van der Waals surface area contributed by atoms with Crippen molar-refractivity contribution < 1.29 is 23.4 Å². The quantitative estimate of drug-likeness (QED) is 0.455. The van der Waals surface area contributed by atoms with Gasteiger partial charge >= 0.3 is 6.09 Å². The van der Waals surface area contributed by atoms with Crippen LogP contribution < -0.4 is 9.47 Å². The van der Waals surface area contributed by atoms with Gasteiger partial charge in [-0.25, -0.2) is 14.2 Å². The van der Waals surface area contributed by atoms with Crippen LogP contribution in [-0.2, 0) is 4.74 Å². The van der Waals surface area contributed by atoms with Gasteiger partial charge in [0.15, 0.2) is 11.6 Å². The highest BCUT2D eigenvalue weighted by Gasteiger charge is 2.19. The fraction of sp³-hybridized carbons (Fsp3) is 0.333. The Balaban J connectivity index is 1.67. The number of ether oxygens (including phenoxy) is 3. The number of hydrogen-bond donors (Lipinski definition) is 0. The van der Waals surface area contributed by atoms with Gasteiger partial charge in [-0.3, -0.25) is 0 Å². The minimum absolute atomic E-state index is 0.110. The molecule has 1 aromatic heterocycles. The summed E-state index contributed by atoms with van der Waals surface area (Å²) in [6, 6.07) is 11.9. The van der Waals surface area contributed by atoms with Gasteiger partial charge < -0.3 is 19.1 Å². The monoisotopic (exact) mass is 460 g/mol. The Bertz CT molecular complexity index is 1110. The number of fused-ring (bicyclic) bond motifs is 1. The molecule has 1 heterocycles. The lowest BCUT2D eigenvalue weighted by Crippen LogP contribution is -2.36. The second-order valence-corrected chi connectivity index (χ2v) is 8.68. The summed E-state index contributed by atoms with van der Waals surface area (Å²) in [6.45, 7) is 6.17. The molecule has 0 saturated carbocycles. The number of nitrogens with zero attached hydrogens (tertiary/aromatic N) is 2. The average Bonchev–Trinajstić information content (AvgIpc) is 2.73. The van der Waals surface area contributed by atoms with Crippen LogP contribution in [0.1, 0.15) is 20.8 Å². The third kappa shape index (κ3) is 5.79. The predicted octanol–water partition coefficient (Wildman–Crippen LogP) is 5.95. The van der Waals surface area contributed by atoms with Gasteiger partial charge in [-0.15, -0.1) is 0 Å². The fourth-order valence-electron chi connectivity index (χ4n) is 2.94. The van der Waals surface area contributed by atoms with Crippen LogP contribution >= 0.6 is 11.6 Å². The molecule has 0 spiro atoms. The Morgan fingerprint density at radius 2 is 1.84 bits per heavy atom. The number of benzene rings is 2. The molecule has 170 valence electrons. The van der Waals surface area contributed by atoms with Crippen LogP contribution in [0.4, 0.5) is 9.18 Å². The van der Waals surface area contributed by atoms with Crippen LogP contribution in [0.2, 0.25) is 5.02 Å². The zero-order valence-electron chi connectivity index (χ0n) is 18.7. The predicted molar refractivity (Wildman–Crippen MR) is 123 cm³/mol. The van der Waals surface area contributed by atoms with E-state index in [2.05, 4.69) is 4.98 Å². The molecule has 0 radical (unpaired) electrons. The van der Waals surface area contributed by atoms with Gasteiger partial charge in [-0.2, -0.15) is 0 Å². The van der Waals surface area contributed by atoms with Gasteiger partial charge in [0.05, 0.1) is 29.9 Å². The Labute approximate surface area is 191 Å². The van der Waals surface area contributed by atoms with Gasteiger partial charge in [-0.1, -0.05) is 11.6 Å². The first kappa shape index (κ1) is 23.6. The summed E-state index contributed by atoms with van der Waals surface area (Å²) in [5.41, 5.74) is 1.47. The maximum atomic E-state index is 14.0. The maximum absolute atomic E-state index is 14.0. The van der Waals surface area contributed by atoms with Gasteiger partial charge in [0.2, 0.25) is 0 Å². The summed E-state index contributed by atoms with van der Waals surface area (Å²) in [7, 11) is 3.07. The molecule has 0 aliphatic heterocycles. The van der Waals surface area contributed by atoms with Crippen LogP contribution in [0.3, 0.4) is 0 Å². The first-order valence-electron chi connectivity index (χ1n) is 10.1. The molecule has 6 nitrogen and oxygen atoms in total. The normalized spacial score (nSPS) is 11.3. The van der Waals surface area contributed by atoms with E-state index in [1.54, 1.807) is 13.1 Å². The number of methoxy groups -OCH3 is 1. The van der Waals surface area contributed by atoms with E-state index in [0.717, 1.165) is 5.56 Å². The minimum Gasteiger partial charge on any atom is -0.494 e. The van der Waals surface area contributed by atoms with E-state index in [4.69, 9.17) is 25.8 Å². The molecular weight excluding hydrogens is 435 g/mol. The number of pyridine rings is 1. The lowest BCUT2D eigenvalue weighted by molar-refractivity contribution is 0.0278. The minimum atomic E-state index is -0.541. The van der Waals surface area contributed by atoms with Crippen LogP contribution in [0, 0.1) is 5.82 Å². The fourth-order valence-corrected chi connectivity index (χ4v) is 3.20. The first-order valence-corrected chi connectivity index (χ1v) is 10.5. The van der Waals surface area contributed by atoms with Crippen LogP contribution in [-0.4, -0.2) is 48.9 Å². The molecule has 32 heavy (non-hydrogen) atoms. The highest BCUT2D eigenvalue weighted by Crippen LogP contribution is 2.32. The third-order valence-corrected chi connectivity index (χ3v) is 4.90. The number of rotatable bonds is 6. The van der Waals surface area contributed by atoms with E-state index in [1.807, 2.05) is 45.0 Å². The molecule has 3 aromatic rings. The number of amides is 1. The highest BCUT2D eigenvalue weighted by molar-refractivity contribution is 6.35. The lowest BCUT2D eigenvalue weighted by atomic mass is 10.1. The van der Waals surface area contributed by atoms with Crippen molar-refractivity contribution in [3.8, 4) is 22.8 Å². The number of carbonyl (C=O) groups is 1. The molecule has 1 amide bonds. The Morgan fingerprint density at radius 3 is 2.47 bits per heavy atom. The number of carbonyl (C=O) groups excluding carboxylic acids is 1. The molecular formula is C24H26ClFN2O4. The summed E-state index contributed by atoms with van der Waals surface area (Å²) >= 11 is 6.36. The van der Waals surface area contributed by atoms with E-state index in [-0.39, 0.29) is 5.75 Å². The zero-order valence-corrected chi connectivity index (χ0v) is 19.5. The van der Waals surface area contributed by atoms with E-state index in [9.17, 15) is 9.18 Å². The molecule has 0 unspecified atom stereocenters. The summed E-state index contributed by atoms with van der Waals surface area (Å²) in [6.07, 6.45) is -0.396. The van der Waals surface area contributed by atoms with Crippen LogP contribution in [0.25, 0.3) is 22.2 Å². The molecule has 0 atom stereocenters. The molecule has 0 N–H and O–H groups in total. The highest BCUT2D eigenvalue weighted by atomic mass is 35.5. The van der Waals surface area contributed by atoms with E-state index in [0.29, 0.717) is 40.5 Å². The summed E-state index contributed by atoms with van der Waals surface area (Å²) in [4.78, 5) is 18.0. The summed E-state index contributed by atoms with van der Waals surface area (Å²) < 4.78 is 30.1. The molecule has 0 bridgehead atoms. The molecule has 0 aliphatic rings. The van der Waals surface area contributed by atoms with Crippen LogP contribution in [0.5, 0.6) is 11.5 Å². The second kappa shape index (κ2) is 9.61. The van der Waals surface area contributed by atoms with Crippen molar-refractivity contribution in [2.75, 3.05) is 27.3 Å². The second-order valence-electron chi connectivity index (χ2n) is 8.27. The number of halogens is 2. The number of likely N-dealkylation sites (N-methyl/N-ethyl adjacent to an activating group) is 1. The Morgan fingerprint density at radius 1 is 1.16 bits per heavy atom. The molecule has 0 fully saturated rings. The largest absolute Gasteiger partial charge is 0.494 e. The molecule has 0 saturated heterocycles. The van der Waals surface area contributed by atoms with Gasteiger partial charge in [0, 0.05) is 24.1 Å². The zero-order chi connectivity index (χ0) is 23.5.